The lowest BCUT2D eigenvalue weighted by molar-refractivity contribution is -0.123. The zero-order chi connectivity index (χ0) is 15.2. The van der Waals surface area contributed by atoms with E-state index in [0.29, 0.717) is 6.54 Å². The van der Waals surface area contributed by atoms with Crippen molar-refractivity contribution in [2.75, 3.05) is 6.54 Å². The zero-order valence-electron chi connectivity index (χ0n) is 12.8. The lowest BCUT2D eigenvalue weighted by Crippen LogP contribution is -2.45. The van der Waals surface area contributed by atoms with Gasteiger partial charge in [0.1, 0.15) is 0 Å². The molecule has 0 radical (unpaired) electrons. The van der Waals surface area contributed by atoms with Crippen LogP contribution in [-0.4, -0.2) is 18.5 Å². The summed E-state index contributed by atoms with van der Waals surface area (Å²) >= 11 is 0. The molecule has 0 saturated heterocycles. The van der Waals surface area contributed by atoms with Crippen LogP contribution in [0.3, 0.4) is 0 Å². The van der Waals surface area contributed by atoms with Gasteiger partial charge in [0.25, 0.3) is 0 Å². The normalized spacial score (nSPS) is 13.9. The third kappa shape index (κ3) is 4.05. The van der Waals surface area contributed by atoms with Crippen LogP contribution < -0.4 is 11.1 Å². The molecular weight excluding hydrogens is 260 g/mol. The number of hydrogen-bond acceptors (Lipinski definition) is 2. The number of benzene rings is 2. The lowest BCUT2D eigenvalue weighted by Gasteiger charge is -2.17. The van der Waals surface area contributed by atoms with Gasteiger partial charge in [0.2, 0.25) is 5.91 Å². The van der Waals surface area contributed by atoms with Crippen LogP contribution in [0.1, 0.15) is 25.8 Å². The first-order chi connectivity index (χ1) is 10.1. The standard InChI is InChI=1S/C18H24N2O/c1-3-13(2)17(19)18(21)20-11-10-14-8-9-15-6-4-5-7-16(15)12-14/h4-9,12-13,17H,3,10-11,19H2,1-2H3,(H,20,21). The Labute approximate surface area is 126 Å². The topological polar surface area (TPSA) is 55.1 Å². The molecule has 2 rings (SSSR count). The first kappa shape index (κ1) is 15.5. The summed E-state index contributed by atoms with van der Waals surface area (Å²) in [5.74, 6) is 0.163. The van der Waals surface area contributed by atoms with E-state index >= 15 is 0 Å². The van der Waals surface area contributed by atoms with Crippen molar-refractivity contribution in [2.24, 2.45) is 11.7 Å². The van der Waals surface area contributed by atoms with Crippen molar-refractivity contribution in [3.8, 4) is 0 Å². The summed E-state index contributed by atoms with van der Waals surface area (Å²) in [5, 5.41) is 5.40. The van der Waals surface area contributed by atoms with E-state index in [4.69, 9.17) is 5.73 Å². The molecule has 0 fully saturated rings. The molecule has 0 aliphatic rings. The lowest BCUT2D eigenvalue weighted by atomic mass is 9.99. The molecule has 3 N–H and O–H groups in total. The maximum atomic E-state index is 11.9. The second-order valence-corrected chi connectivity index (χ2v) is 5.63. The van der Waals surface area contributed by atoms with Gasteiger partial charge >= 0.3 is 0 Å². The number of fused-ring (bicyclic) bond motifs is 1. The summed E-state index contributed by atoms with van der Waals surface area (Å²) in [5.41, 5.74) is 7.14. The van der Waals surface area contributed by atoms with Gasteiger partial charge in [-0.2, -0.15) is 0 Å². The second kappa shape index (κ2) is 7.23. The number of hydrogen-bond donors (Lipinski definition) is 2. The van der Waals surface area contributed by atoms with E-state index in [9.17, 15) is 4.79 Å². The van der Waals surface area contributed by atoms with Gasteiger partial charge in [0.05, 0.1) is 6.04 Å². The minimum Gasteiger partial charge on any atom is -0.354 e. The smallest absolute Gasteiger partial charge is 0.237 e. The van der Waals surface area contributed by atoms with Crippen LogP contribution in [0, 0.1) is 5.92 Å². The molecular formula is C18H24N2O. The highest BCUT2D eigenvalue weighted by atomic mass is 16.2. The predicted molar refractivity (Wildman–Crippen MR) is 88.1 cm³/mol. The van der Waals surface area contributed by atoms with Crippen molar-refractivity contribution in [1.82, 2.24) is 5.32 Å². The highest BCUT2D eigenvalue weighted by Gasteiger charge is 2.18. The van der Waals surface area contributed by atoms with E-state index in [2.05, 4.69) is 35.6 Å². The van der Waals surface area contributed by atoms with Crippen LogP contribution >= 0.6 is 0 Å². The molecule has 21 heavy (non-hydrogen) atoms. The Hall–Kier alpha value is -1.87. The van der Waals surface area contributed by atoms with Crippen molar-refractivity contribution in [3.05, 3.63) is 48.0 Å². The average molecular weight is 284 g/mol. The number of amides is 1. The molecule has 0 saturated carbocycles. The van der Waals surface area contributed by atoms with Gasteiger partial charge in [0.15, 0.2) is 0 Å². The van der Waals surface area contributed by atoms with E-state index in [1.54, 1.807) is 0 Å². The van der Waals surface area contributed by atoms with Crippen LogP contribution in [0.5, 0.6) is 0 Å². The van der Waals surface area contributed by atoms with E-state index < -0.39 is 6.04 Å². The number of carbonyl (C=O) groups is 1. The van der Waals surface area contributed by atoms with Gasteiger partial charge in [-0.1, -0.05) is 62.7 Å². The van der Waals surface area contributed by atoms with Crippen LogP contribution in [0.25, 0.3) is 10.8 Å². The predicted octanol–water partition coefficient (Wildman–Crippen LogP) is 2.87. The number of carbonyl (C=O) groups excluding carboxylic acids is 1. The van der Waals surface area contributed by atoms with E-state index in [1.165, 1.54) is 16.3 Å². The monoisotopic (exact) mass is 284 g/mol. The Kier molecular flexibility index (Phi) is 5.34. The van der Waals surface area contributed by atoms with Crippen LogP contribution in [0.15, 0.2) is 42.5 Å². The molecule has 0 spiro atoms. The average Bonchev–Trinajstić information content (AvgIpc) is 2.53. The Morgan fingerprint density at radius 3 is 2.62 bits per heavy atom. The maximum absolute atomic E-state index is 11.9. The number of rotatable bonds is 6. The molecule has 2 aromatic carbocycles. The van der Waals surface area contributed by atoms with E-state index in [-0.39, 0.29) is 11.8 Å². The quantitative estimate of drug-likeness (QED) is 0.857. The molecule has 3 nitrogen and oxygen atoms in total. The summed E-state index contributed by atoms with van der Waals surface area (Å²) in [4.78, 5) is 11.9. The molecule has 3 heteroatoms. The van der Waals surface area contributed by atoms with E-state index in [1.807, 2.05) is 26.0 Å². The highest BCUT2D eigenvalue weighted by molar-refractivity contribution is 5.83. The summed E-state index contributed by atoms with van der Waals surface area (Å²) < 4.78 is 0. The van der Waals surface area contributed by atoms with Gasteiger partial charge in [-0.15, -0.1) is 0 Å². The van der Waals surface area contributed by atoms with Crippen molar-refractivity contribution in [1.29, 1.82) is 0 Å². The van der Waals surface area contributed by atoms with Crippen molar-refractivity contribution >= 4 is 16.7 Å². The zero-order valence-corrected chi connectivity index (χ0v) is 12.8. The fourth-order valence-electron chi connectivity index (χ4n) is 2.35. The Morgan fingerprint density at radius 2 is 1.90 bits per heavy atom. The molecule has 0 aliphatic heterocycles. The van der Waals surface area contributed by atoms with Crippen LogP contribution in [0.4, 0.5) is 0 Å². The Balaban J connectivity index is 1.89. The third-order valence-corrected chi connectivity index (χ3v) is 4.09. The molecule has 112 valence electrons. The molecule has 2 atom stereocenters. The van der Waals surface area contributed by atoms with Crippen molar-refractivity contribution in [2.45, 2.75) is 32.7 Å². The largest absolute Gasteiger partial charge is 0.354 e. The molecule has 2 aromatic rings. The van der Waals surface area contributed by atoms with E-state index in [0.717, 1.165) is 12.8 Å². The highest BCUT2D eigenvalue weighted by Crippen LogP contribution is 2.15. The molecule has 0 heterocycles. The Morgan fingerprint density at radius 1 is 1.19 bits per heavy atom. The molecule has 1 amide bonds. The minimum absolute atomic E-state index is 0.0508. The Bertz CT molecular complexity index is 609. The number of nitrogens with one attached hydrogen (secondary N) is 1. The molecule has 2 unspecified atom stereocenters. The summed E-state index contributed by atoms with van der Waals surface area (Å²) in [6.07, 6.45) is 1.74. The summed E-state index contributed by atoms with van der Waals surface area (Å²) in [6.45, 7) is 4.68. The minimum atomic E-state index is -0.411. The number of nitrogens with two attached hydrogens (primary N) is 1. The molecule has 0 bridgehead atoms. The van der Waals surface area contributed by atoms with Gasteiger partial charge in [-0.05, 0) is 28.7 Å². The fourth-order valence-corrected chi connectivity index (χ4v) is 2.35. The van der Waals surface area contributed by atoms with Gasteiger partial charge in [0, 0.05) is 6.54 Å². The maximum Gasteiger partial charge on any atom is 0.237 e. The van der Waals surface area contributed by atoms with Crippen molar-refractivity contribution < 1.29 is 4.79 Å². The fraction of sp³-hybridized carbons (Fsp3) is 0.389. The summed E-state index contributed by atoms with van der Waals surface area (Å²) in [6, 6.07) is 14.3. The van der Waals surface area contributed by atoms with Gasteiger partial charge in [-0.25, -0.2) is 0 Å². The van der Waals surface area contributed by atoms with Crippen LogP contribution in [0.2, 0.25) is 0 Å². The van der Waals surface area contributed by atoms with Crippen LogP contribution in [-0.2, 0) is 11.2 Å². The third-order valence-electron chi connectivity index (χ3n) is 4.09. The molecule has 0 aromatic heterocycles. The van der Waals surface area contributed by atoms with Gasteiger partial charge < -0.3 is 11.1 Å². The first-order valence-electron chi connectivity index (χ1n) is 7.62. The molecule has 0 aliphatic carbocycles. The van der Waals surface area contributed by atoms with Gasteiger partial charge in [-0.3, -0.25) is 4.79 Å². The van der Waals surface area contributed by atoms with Crippen molar-refractivity contribution in [3.63, 3.8) is 0 Å². The summed E-state index contributed by atoms with van der Waals surface area (Å²) in [7, 11) is 0. The second-order valence-electron chi connectivity index (χ2n) is 5.63. The first-order valence-corrected chi connectivity index (χ1v) is 7.62. The SMILES string of the molecule is CCC(C)C(N)C(=O)NCCc1ccc2ccccc2c1.